The molecule has 0 spiro atoms. The number of carbonyl (C=O) groups excluding carboxylic acids is 1. The van der Waals surface area contributed by atoms with Crippen LogP contribution in [0.2, 0.25) is 18.1 Å². The number of fused-ring (bicyclic) bond motifs is 1. The first-order valence-electron chi connectivity index (χ1n) is 8.29. The maximum absolute atomic E-state index is 11.7. The van der Waals surface area contributed by atoms with Gasteiger partial charge in [0.05, 0.1) is 37.6 Å². The molecule has 1 atom stereocenters. The number of hydrogen-bond donors (Lipinski definition) is 0. The van der Waals surface area contributed by atoms with Crippen LogP contribution in [0.4, 0.5) is 0 Å². The minimum atomic E-state index is -1.73. The number of aryl methyl sites for hydroxylation is 1. The third-order valence-corrected chi connectivity index (χ3v) is 9.61. The molecule has 0 saturated carbocycles. The summed E-state index contributed by atoms with van der Waals surface area (Å²) >= 11 is 0. The van der Waals surface area contributed by atoms with Crippen LogP contribution in [-0.2, 0) is 33.3 Å². The summed E-state index contributed by atoms with van der Waals surface area (Å²) in [7, 11) is -0.293. The molecule has 0 aliphatic heterocycles. The fraction of sp³-hybridized carbons (Fsp3) is 0.812. The highest BCUT2D eigenvalue weighted by molar-refractivity contribution is 6.74. The zero-order chi connectivity index (χ0) is 17.3. The largest absolute Gasteiger partial charge is 0.469 e. The second-order valence-corrected chi connectivity index (χ2v) is 12.6. The fourth-order valence-electron chi connectivity index (χ4n) is 2.48. The van der Waals surface area contributed by atoms with Crippen LogP contribution >= 0.6 is 0 Å². The van der Waals surface area contributed by atoms with E-state index in [1.807, 2.05) is 0 Å². The standard InChI is InChI=1S/C16H29N3O3Si/c1-16(2,3)23(5,6)22-10-9-19-17-13-8-7-12(15(20)21-4)11-14(13)18-19/h12H,7-11H2,1-6H3. The molecule has 0 aromatic carbocycles. The number of esters is 1. The molecule has 6 nitrogen and oxygen atoms in total. The van der Waals surface area contributed by atoms with E-state index in [2.05, 4.69) is 44.1 Å². The van der Waals surface area contributed by atoms with Gasteiger partial charge < -0.3 is 9.16 Å². The van der Waals surface area contributed by atoms with E-state index in [0.717, 1.165) is 24.2 Å². The molecule has 0 saturated heterocycles. The van der Waals surface area contributed by atoms with E-state index in [9.17, 15) is 4.79 Å². The van der Waals surface area contributed by atoms with Crippen molar-refractivity contribution in [2.75, 3.05) is 13.7 Å². The lowest BCUT2D eigenvalue weighted by Crippen LogP contribution is -2.41. The van der Waals surface area contributed by atoms with Gasteiger partial charge in [0, 0.05) is 6.42 Å². The van der Waals surface area contributed by atoms with Gasteiger partial charge in [0.2, 0.25) is 0 Å². The van der Waals surface area contributed by atoms with Gasteiger partial charge in [0.1, 0.15) is 0 Å². The Kier molecular flexibility index (Phi) is 5.30. The summed E-state index contributed by atoms with van der Waals surface area (Å²) in [5, 5.41) is 9.28. The van der Waals surface area contributed by atoms with Crippen LogP contribution in [-0.4, -0.2) is 43.0 Å². The predicted octanol–water partition coefficient (Wildman–Crippen LogP) is 2.58. The number of carbonyl (C=O) groups is 1. The van der Waals surface area contributed by atoms with Gasteiger partial charge >= 0.3 is 5.97 Å². The molecule has 0 fully saturated rings. The maximum atomic E-state index is 11.7. The molecule has 2 rings (SSSR count). The Balaban J connectivity index is 1.92. The van der Waals surface area contributed by atoms with Gasteiger partial charge in [0.25, 0.3) is 0 Å². The Hall–Kier alpha value is -1.21. The van der Waals surface area contributed by atoms with E-state index >= 15 is 0 Å². The molecule has 130 valence electrons. The van der Waals surface area contributed by atoms with Crippen molar-refractivity contribution in [2.24, 2.45) is 5.92 Å². The maximum Gasteiger partial charge on any atom is 0.309 e. The highest BCUT2D eigenvalue weighted by Gasteiger charge is 2.37. The summed E-state index contributed by atoms with van der Waals surface area (Å²) in [6.45, 7) is 12.5. The van der Waals surface area contributed by atoms with Gasteiger partial charge in [-0.15, -0.1) is 0 Å². The monoisotopic (exact) mass is 339 g/mol. The lowest BCUT2D eigenvalue weighted by molar-refractivity contribution is -0.145. The van der Waals surface area contributed by atoms with E-state index < -0.39 is 8.32 Å². The number of nitrogens with zero attached hydrogens (tertiary/aromatic N) is 3. The quantitative estimate of drug-likeness (QED) is 0.609. The molecule has 1 unspecified atom stereocenters. The third kappa shape index (κ3) is 4.20. The van der Waals surface area contributed by atoms with Crippen molar-refractivity contribution in [3.8, 4) is 0 Å². The van der Waals surface area contributed by atoms with E-state index in [4.69, 9.17) is 9.16 Å². The Morgan fingerprint density at radius 3 is 2.57 bits per heavy atom. The Morgan fingerprint density at radius 1 is 1.30 bits per heavy atom. The zero-order valence-electron chi connectivity index (χ0n) is 15.2. The molecule has 23 heavy (non-hydrogen) atoms. The van der Waals surface area contributed by atoms with Crippen LogP contribution in [0.3, 0.4) is 0 Å². The number of aromatic nitrogens is 3. The number of ether oxygens (including phenoxy) is 1. The Bertz CT molecular complexity index is 563. The number of methoxy groups -OCH3 is 1. The first-order valence-corrected chi connectivity index (χ1v) is 11.2. The molecule has 0 amide bonds. The molecular formula is C16H29N3O3Si. The van der Waals surface area contributed by atoms with Crippen LogP contribution in [0.1, 0.15) is 38.6 Å². The summed E-state index contributed by atoms with van der Waals surface area (Å²) in [4.78, 5) is 13.4. The summed E-state index contributed by atoms with van der Waals surface area (Å²) in [6, 6.07) is 0. The normalized spacial score (nSPS) is 18.6. The van der Waals surface area contributed by atoms with Crippen molar-refractivity contribution in [3.05, 3.63) is 11.4 Å². The second kappa shape index (κ2) is 6.73. The summed E-state index contributed by atoms with van der Waals surface area (Å²) in [5.41, 5.74) is 1.94. The van der Waals surface area contributed by atoms with Crippen LogP contribution in [0.25, 0.3) is 0 Å². The van der Waals surface area contributed by atoms with E-state index in [-0.39, 0.29) is 16.9 Å². The number of hydrogen-bond acceptors (Lipinski definition) is 5. The molecule has 0 radical (unpaired) electrons. The van der Waals surface area contributed by atoms with Crippen molar-refractivity contribution in [2.45, 2.75) is 64.7 Å². The summed E-state index contributed by atoms with van der Waals surface area (Å²) in [5.74, 6) is -0.229. The van der Waals surface area contributed by atoms with E-state index in [0.29, 0.717) is 19.6 Å². The third-order valence-electron chi connectivity index (χ3n) is 5.07. The molecule has 1 aromatic heterocycles. The molecule has 0 bridgehead atoms. The minimum Gasteiger partial charge on any atom is -0.469 e. The minimum absolute atomic E-state index is 0.0823. The molecule has 1 heterocycles. The van der Waals surface area contributed by atoms with Gasteiger partial charge in [0.15, 0.2) is 8.32 Å². The first kappa shape index (κ1) is 18.1. The summed E-state index contributed by atoms with van der Waals surface area (Å²) in [6.07, 6.45) is 2.21. The fourth-order valence-corrected chi connectivity index (χ4v) is 3.52. The summed E-state index contributed by atoms with van der Waals surface area (Å²) < 4.78 is 11.0. The van der Waals surface area contributed by atoms with Crippen LogP contribution in [0.5, 0.6) is 0 Å². The topological polar surface area (TPSA) is 66.2 Å². The van der Waals surface area contributed by atoms with Crippen LogP contribution in [0.15, 0.2) is 0 Å². The van der Waals surface area contributed by atoms with Crippen molar-refractivity contribution >= 4 is 14.3 Å². The SMILES string of the molecule is COC(=O)C1CCc2nn(CCO[Si](C)(C)C(C)(C)C)nc2C1. The van der Waals surface area contributed by atoms with E-state index in [1.165, 1.54) is 7.11 Å². The highest BCUT2D eigenvalue weighted by atomic mass is 28.4. The van der Waals surface area contributed by atoms with Gasteiger partial charge in [-0.1, -0.05) is 20.8 Å². The first-order chi connectivity index (χ1) is 10.6. The van der Waals surface area contributed by atoms with Crippen molar-refractivity contribution in [3.63, 3.8) is 0 Å². The van der Waals surface area contributed by atoms with Gasteiger partial charge in [-0.25, -0.2) is 0 Å². The van der Waals surface area contributed by atoms with Crippen molar-refractivity contribution < 1.29 is 14.0 Å². The van der Waals surface area contributed by atoms with Gasteiger partial charge in [-0.2, -0.15) is 15.0 Å². The van der Waals surface area contributed by atoms with E-state index in [1.54, 1.807) is 4.80 Å². The van der Waals surface area contributed by atoms with Crippen LogP contribution in [0, 0.1) is 5.92 Å². The smallest absolute Gasteiger partial charge is 0.309 e. The zero-order valence-corrected chi connectivity index (χ0v) is 16.2. The molecule has 1 aliphatic carbocycles. The molecule has 7 heteroatoms. The van der Waals surface area contributed by atoms with Gasteiger partial charge in [-0.05, 0) is 31.0 Å². The average Bonchev–Trinajstić information content (AvgIpc) is 2.86. The Morgan fingerprint density at radius 2 is 1.96 bits per heavy atom. The second-order valence-electron chi connectivity index (χ2n) is 7.76. The van der Waals surface area contributed by atoms with Gasteiger partial charge in [-0.3, -0.25) is 4.79 Å². The average molecular weight is 340 g/mol. The molecular weight excluding hydrogens is 310 g/mol. The van der Waals surface area contributed by atoms with Crippen LogP contribution < -0.4 is 0 Å². The van der Waals surface area contributed by atoms with Crippen molar-refractivity contribution in [1.29, 1.82) is 0 Å². The van der Waals surface area contributed by atoms with Crippen molar-refractivity contribution in [1.82, 2.24) is 15.0 Å². The molecule has 1 aliphatic rings. The molecule has 1 aromatic rings. The Labute approximate surface area is 139 Å². The number of rotatable bonds is 5. The lowest BCUT2D eigenvalue weighted by Gasteiger charge is -2.36. The lowest BCUT2D eigenvalue weighted by atomic mass is 9.90. The predicted molar refractivity (Wildman–Crippen MR) is 90.7 cm³/mol. The highest BCUT2D eigenvalue weighted by Crippen LogP contribution is 2.36. The molecule has 0 N–H and O–H groups in total.